The van der Waals surface area contributed by atoms with Gasteiger partial charge in [0.25, 0.3) is 0 Å². The average molecular weight is 310 g/mol. The summed E-state index contributed by atoms with van der Waals surface area (Å²) in [6.07, 6.45) is 3.70. The maximum absolute atomic E-state index is 11.9. The zero-order chi connectivity index (χ0) is 16.3. The fraction of sp³-hybridized carbons (Fsp3) is 0.733. The van der Waals surface area contributed by atoms with Crippen LogP contribution in [0.5, 0.6) is 0 Å². The molecule has 3 amide bonds. The van der Waals surface area contributed by atoms with Crippen molar-refractivity contribution in [3.63, 3.8) is 0 Å². The Morgan fingerprint density at radius 3 is 2.86 bits per heavy atom. The predicted octanol–water partition coefficient (Wildman–Crippen LogP) is -0.667. The first-order chi connectivity index (χ1) is 10.4. The van der Waals surface area contributed by atoms with Gasteiger partial charge in [-0.15, -0.1) is 0 Å². The van der Waals surface area contributed by atoms with Gasteiger partial charge in [-0.3, -0.25) is 14.4 Å². The molecule has 2 heterocycles. The van der Waals surface area contributed by atoms with E-state index >= 15 is 0 Å². The minimum atomic E-state index is -0.766. The highest BCUT2D eigenvalue weighted by Gasteiger charge is 2.37. The van der Waals surface area contributed by atoms with Crippen LogP contribution in [0.2, 0.25) is 0 Å². The maximum atomic E-state index is 11.9. The van der Waals surface area contributed by atoms with Gasteiger partial charge in [-0.05, 0) is 25.7 Å². The first-order valence-electron chi connectivity index (χ1n) is 7.79. The molecular weight excluding hydrogens is 286 g/mol. The lowest BCUT2D eigenvalue weighted by atomic mass is 10.0. The van der Waals surface area contributed by atoms with Gasteiger partial charge in [0.2, 0.25) is 17.7 Å². The Hall–Kier alpha value is -1.63. The van der Waals surface area contributed by atoms with Crippen molar-refractivity contribution < 1.29 is 19.5 Å². The molecule has 0 aliphatic carbocycles. The second kappa shape index (κ2) is 7.09. The van der Waals surface area contributed by atoms with Gasteiger partial charge in [-0.25, -0.2) is 0 Å². The number of nitrogens with zero attached hydrogens (tertiary/aromatic N) is 1. The van der Waals surface area contributed by atoms with Gasteiger partial charge in [0.05, 0.1) is 18.6 Å². The van der Waals surface area contributed by atoms with E-state index in [0.717, 1.165) is 12.8 Å². The third-order valence-electron chi connectivity index (χ3n) is 4.58. The van der Waals surface area contributed by atoms with Gasteiger partial charge in [0, 0.05) is 24.9 Å². The minimum Gasteiger partial charge on any atom is -0.389 e. The molecule has 2 fully saturated rings. The lowest BCUT2D eigenvalue weighted by molar-refractivity contribution is -0.130. The lowest BCUT2D eigenvalue weighted by Gasteiger charge is -2.25. The van der Waals surface area contributed by atoms with Crippen molar-refractivity contribution in [2.24, 2.45) is 11.7 Å². The molecule has 4 atom stereocenters. The summed E-state index contributed by atoms with van der Waals surface area (Å²) >= 11 is 0. The van der Waals surface area contributed by atoms with Crippen LogP contribution in [0.25, 0.3) is 0 Å². The second-order valence-electron chi connectivity index (χ2n) is 6.24. The summed E-state index contributed by atoms with van der Waals surface area (Å²) in [5.41, 5.74) is 5.15. The van der Waals surface area contributed by atoms with Gasteiger partial charge < -0.3 is 21.1 Å². The van der Waals surface area contributed by atoms with Crippen LogP contribution in [0.1, 0.15) is 39.0 Å². The van der Waals surface area contributed by atoms with Crippen LogP contribution in [-0.4, -0.2) is 52.5 Å². The van der Waals surface area contributed by atoms with Gasteiger partial charge in [-0.2, -0.15) is 0 Å². The van der Waals surface area contributed by atoms with Crippen molar-refractivity contribution in [3.05, 3.63) is 6.42 Å². The number of fused-ring (bicyclic) bond motifs is 1. The lowest BCUT2D eigenvalue weighted by Crippen LogP contribution is -2.47. The quantitative estimate of drug-likeness (QED) is 0.625. The topological polar surface area (TPSA) is 113 Å². The van der Waals surface area contributed by atoms with E-state index in [-0.39, 0.29) is 36.9 Å². The molecule has 2 rings (SSSR count). The van der Waals surface area contributed by atoms with Crippen LogP contribution in [-0.2, 0) is 14.4 Å². The van der Waals surface area contributed by atoms with Crippen LogP contribution < -0.4 is 11.1 Å². The SMILES string of the molecule is C[C@@H](C[CH]C(=O)N[C@H]1CC[C@@H]2CCC(=O)N2C[C@@H]1O)C(N)=O. The van der Waals surface area contributed by atoms with Crippen molar-refractivity contribution in [3.8, 4) is 0 Å². The number of carbonyl (C=O) groups is 3. The van der Waals surface area contributed by atoms with E-state index in [0.29, 0.717) is 12.8 Å². The number of aliphatic hydroxyl groups is 1. The van der Waals surface area contributed by atoms with Gasteiger partial charge >= 0.3 is 0 Å². The molecule has 0 aromatic heterocycles. The number of nitrogens with two attached hydrogens (primary N) is 1. The zero-order valence-electron chi connectivity index (χ0n) is 12.8. The van der Waals surface area contributed by atoms with Crippen molar-refractivity contribution in [2.45, 2.75) is 57.2 Å². The summed E-state index contributed by atoms with van der Waals surface area (Å²) in [6.45, 7) is 1.93. The van der Waals surface area contributed by atoms with E-state index in [4.69, 9.17) is 5.73 Å². The second-order valence-corrected chi connectivity index (χ2v) is 6.24. The number of amides is 3. The number of hydrogen-bond acceptors (Lipinski definition) is 4. The summed E-state index contributed by atoms with van der Waals surface area (Å²) in [5, 5.41) is 13.0. The molecule has 0 bridgehead atoms. The molecule has 1 radical (unpaired) electrons. The van der Waals surface area contributed by atoms with Crippen LogP contribution >= 0.6 is 0 Å². The summed E-state index contributed by atoms with van der Waals surface area (Å²) in [4.78, 5) is 36.3. The molecule has 0 aromatic carbocycles. The normalized spacial score (nSPS) is 29.6. The number of primary amides is 1. The Bertz CT molecular complexity index is 454. The molecule has 22 heavy (non-hydrogen) atoms. The predicted molar refractivity (Wildman–Crippen MR) is 79.2 cm³/mol. The average Bonchev–Trinajstić information content (AvgIpc) is 2.72. The molecule has 2 aliphatic rings. The zero-order valence-corrected chi connectivity index (χ0v) is 12.8. The molecule has 123 valence electrons. The highest BCUT2D eigenvalue weighted by Crippen LogP contribution is 2.27. The smallest absolute Gasteiger partial charge is 0.224 e. The largest absolute Gasteiger partial charge is 0.389 e. The molecule has 0 saturated carbocycles. The first-order valence-corrected chi connectivity index (χ1v) is 7.79. The Balaban J connectivity index is 1.83. The molecule has 2 aliphatic heterocycles. The molecule has 7 nitrogen and oxygen atoms in total. The van der Waals surface area contributed by atoms with E-state index in [2.05, 4.69) is 5.32 Å². The van der Waals surface area contributed by atoms with Crippen molar-refractivity contribution in [2.75, 3.05) is 6.54 Å². The van der Waals surface area contributed by atoms with Gasteiger partial charge in [0.15, 0.2) is 0 Å². The molecule has 2 saturated heterocycles. The van der Waals surface area contributed by atoms with Crippen LogP contribution in [0, 0.1) is 12.3 Å². The van der Waals surface area contributed by atoms with E-state index in [9.17, 15) is 19.5 Å². The monoisotopic (exact) mass is 310 g/mol. The number of nitrogens with one attached hydrogen (secondary N) is 1. The number of aliphatic hydroxyl groups excluding tert-OH is 1. The number of carbonyl (C=O) groups excluding carboxylic acids is 3. The van der Waals surface area contributed by atoms with E-state index in [1.165, 1.54) is 6.42 Å². The Morgan fingerprint density at radius 2 is 2.18 bits per heavy atom. The molecule has 0 aromatic rings. The Labute approximate surface area is 130 Å². The number of rotatable bonds is 5. The molecule has 7 heteroatoms. The van der Waals surface area contributed by atoms with Crippen LogP contribution in [0.4, 0.5) is 0 Å². The summed E-state index contributed by atoms with van der Waals surface area (Å²) < 4.78 is 0. The van der Waals surface area contributed by atoms with Crippen molar-refractivity contribution >= 4 is 17.7 Å². The maximum Gasteiger partial charge on any atom is 0.224 e. The summed E-state index contributed by atoms with van der Waals surface area (Å²) in [7, 11) is 0. The van der Waals surface area contributed by atoms with Crippen LogP contribution in [0.3, 0.4) is 0 Å². The minimum absolute atomic E-state index is 0.0814. The third kappa shape index (κ3) is 3.97. The fourth-order valence-electron chi connectivity index (χ4n) is 3.05. The summed E-state index contributed by atoms with van der Waals surface area (Å²) in [5.74, 6) is -1.08. The summed E-state index contributed by atoms with van der Waals surface area (Å²) in [6, 6.07) is -0.186. The highest BCUT2D eigenvalue weighted by molar-refractivity contribution is 5.86. The fourth-order valence-corrected chi connectivity index (χ4v) is 3.05. The van der Waals surface area contributed by atoms with E-state index in [1.54, 1.807) is 11.8 Å². The van der Waals surface area contributed by atoms with E-state index in [1.807, 2.05) is 0 Å². The molecule has 0 unspecified atom stereocenters. The van der Waals surface area contributed by atoms with Crippen LogP contribution in [0.15, 0.2) is 0 Å². The Kier molecular flexibility index (Phi) is 5.39. The first kappa shape index (κ1) is 16.7. The van der Waals surface area contributed by atoms with E-state index < -0.39 is 17.9 Å². The molecule has 4 N–H and O–H groups in total. The standard InChI is InChI=1S/C15H24N3O4/c1-9(15(16)22)2-6-13(20)17-11-5-3-10-4-7-14(21)18(10)8-12(11)19/h6,9-12,19H,2-5,7-8H2,1H3,(H2,16,22)(H,17,20)/t9-,10+,11-,12-/m0/s1. The van der Waals surface area contributed by atoms with Crippen molar-refractivity contribution in [1.82, 2.24) is 10.2 Å². The Morgan fingerprint density at radius 1 is 1.45 bits per heavy atom. The van der Waals surface area contributed by atoms with Gasteiger partial charge in [0.1, 0.15) is 0 Å². The van der Waals surface area contributed by atoms with Crippen molar-refractivity contribution in [1.29, 1.82) is 0 Å². The third-order valence-corrected chi connectivity index (χ3v) is 4.58. The number of hydrogen-bond donors (Lipinski definition) is 3. The molecule has 0 spiro atoms. The van der Waals surface area contributed by atoms with Gasteiger partial charge in [-0.1, -0.05) is 6.92 Å². The highest BCUT2D eigenvalue weighted by atomic mass is 16.3. The molecular formula is C15H24N3O4.